The van der Waals surface area contributed by atoms with Crippen LogP contribution in [0.2, 0.25) is 0 Å². The number of quaternary nitrogens is 1. The molecule has 0 rings (SSSR count). The van der Waals surface area contributed by atoms with Crippen molar-refractivity contribution in [2.45, 2.75) is 238 Å². The first-order chi connectivity index (χ1) is 29.0. The van der Waals surface area contributed by atoms with Gasteiger partial charge in [-0.2, -0.15) is 0 Å². The molecule has 0 fully saturated rings. The van der Waals surface area contributed by atoms with E-state index >= 15 is 0 Å². The fourth-order valence-electron chi connectivity index (χ4n) is 7.05. The maximum Gasteiger partial charge on any atom is 0.472 e. The highest BCUT2D eigenvalue weighted by molar-refractivity contribution is 7.47. The Bertz CT molecular complexity index is 1070. The third-order valence-electron chi connectivity index (χ3n) is 11.0. The van der Waals surface area contributed by atoms with Gasteiger partial charge in [0.25, 0.3) is 0 Å². The molecule has 0 saturated heterocycles. The lowest BCUT2D eigenvalue weighted by molar-refractivity contribution is -0.870. The summed E-state index contributed by atoms with van der Waals surface area (Å²) in [5, 5.41) is 0. The molecule has 0 saturated carbocycles. The molecular weight excluding hydrogens is 774 g/mol. The van der Waals surface area contributed by atoms with Crippen LogP contribution < -0.4 is 0 Å². The van der Waals surface area contributed by atoms with Crippen LogP contribution >= 0.6 is 7.82 Å². The molecule has 0 heterocycles. The van der Waals surface area contributed by atoms with Gasteiger partial charge in [0.05, 0.1) is 27.7 Å². The number of unbranched alkanes of at least 4 members (excludes halogenated alkanes) is 28. The van der Waals surface area contributed by atoms with Crippen LogP contribution in [0.3, 0.4) is 0 Å². The molecule has 0 amide bonds. The highest BCUT2D eigenvalue weighted by Gasteiger charge is 2.27. The molecule has 0 spiro atoms. The molecule has 354 valence electrons. The molecule has 0 aliphatic heterocycles. The van der Waals surface area contributed by atoms with Gasteiger partial charge >= 0.3 is 19.8 Å². The van der Waals surface area contributed by atoms with Crippen LogP contribution in [0.4, 0.5) is 0 Å². The lowest BCUT2D eigenvalue weighted by atomic mass is 10.0. The Labute approximate surface area is 370 Å². The number of carbonyl (C=O) groups is 2. The molecule has 2 atom stereocenters. The zero-order chi connectivity index (χ0) is 44.3. The van der Waals surface area contributed by atoms with E-state index in [1.807, 2.05) is 21.1 Å². The first-order valence-corrected chi connectivity index (χ1v) is 26.6. The van der Waals surface area contributed by atoms with Crippen LogP contribution in [-0.4, -0.2) is 74.9 Å². The number of hydrogen-bond acceptors (Lipinski definition) is 7. The van der Waals surface area contributed by atoms with Crippen LogP contribution in [0.15, 0.2) is 24.3 Å². The summed E-state index contributed by atoms with van der Waals surface area (Å²) in [4.78, 5) is 35.5. The van der Waals surface area contributed by atoms with Gasteiger partial charge in [0.1, 0.15) is 19.8 Å². The van der Waals surface area contributed by atoms with Gasteiger partial charge in [-0.3, -0.25) is 18.6 Å². The predicted molar refractivity (Wildman–Crippen MR) is 252 cm³/mol. The second-order valence-electron chi connectivity index (χ2n) is 18.2. The Kier molecular flexibility index (Phi) is 41.7. The van der Waals surface area contributed by atoms with Crippen LogP contribution in [0.5, 0.6) is 0 Å². The summed E-state index contributed by atoms with van der Waals surface area (Å²) in [6.45, 7) is 4.43. The molecule has 0 bridgehead atoms. The summed E-state index contributed by atoms with van der Waals surface area (Å²) < 4.78 is 34.4. The van der Waals surface area contributed by atoms with E-state index in [1.165, 1.54) is 154 Å². The second-order valence-corrected chi connectivity index (χ2v) is 19.7. The number of phosphoric acid groups is 1. The quantitative estimate of drug-likeness (QED) is 0.0212. The molecule has 0 aromatic carbocycles. The van der Waals surface area contributed by atoms with Gasteiger partial charge in [0.15, 0.2) is 6.10 Å². The molecule has 0 aromatic rings. The lowest BCUT2D eigenvalue weighted by Crippen LogP contribution is -2.37. The minimum absolute atomic E-state index is 0.0330. The van der Waals surface area contributed by atoms with E-state index in [-0.39, 0.29) is 25.6 Å². The van der Waals surface area contributed by atoms with Crippen molar-refractivity contribution in [3.8, 4) is 0 Å². The lowest BCUT2D eigenvalue weighted by Gasteiger charge is -2.24. The number of allylic oxidation sites excluding steroid dienone is 4. The number of rotatable bonds is 46. The van der Waals surface area contributed by atoms with Gasteiger partial charge in [-0.1, -0.05) is 199 Å². The molecule has 1 unspecified atom stereocenters. The molecule has 0 radical (unpaired) electrons. The summed E-state index contributed by atoms with van der Waals surface area (Å²) >= 11 is 0. The number of nitrogens with zero attached hydrogens (tertiary/aromatic N) is 1. The van der Waals surface area contributed by atoms with Gasteiger partial charge in [0.2, 0.25) is 0 Å². The van der Waals surface area contributed by atoms with Crippen LogP contribution in [0.1, 0.15) is 232 Å². The molecule has 0 aliphatic carbocycles. The number of likely N-dealkylation sites (N-methyl/N-ethyl adjacent to an activating group) is 1. The van der Waals surface area contributed by atoms with Crippen molar-refractivity contribution in [1.29, 1.82) is 0 Å². The van der Waals surface area contributed by atoms with Gasteiger partial charge in [-0.05, 0) is 44.9 Å². The zero-order valence-electron chi connectivity index (χ0n) is 40.0. The molecule has 60 heavy (non-hydrogen) atoms. The van der Waals surface area contributed by atoms with E-state index in [0.717, 1.165) is 44.9 Å². The standard InChI is InChI=1S/C50H96NO8P/c1-6-8-10-12-14-16-18-20-22-24-25-27-29-31-33-35-37-39-41-43-50(53)59-48(47-58-60(54,55)57-45-44-51(3,4)5)46-56-49(52)42-40-38-36-34-32-30-28-26-23-21-19-17-15-13-11-9-7-2/h14,16,20,22,48H,6-13,15,17-19,21,23-47H2,1-5H3/p+1/b16-14+,22-20+/t48-/m1/s1. The Morgan fingerprint density at radius 3 is 1.35 bits per heavy atom. The zero-order valence-corrected chi connectivity index (χ0v) is 40.9. The van der Waals surface area contributed by atoms with E-state index < -0.39 is 26.5 Å². The number of esters is 2. The number of hydrogen-bond donors (Lipinski definition) is 1. The number of carbonyl (C=O) groups excluding carboxylic acids is 2. The smallest absolute Gasteiger partial charge is 0.462 e. The van der Waals surface area contributed by atoms with E-state index in [9.17, 15) is 19.0 Å². The van der Waals surface area contributed by atoms with Crippen molar-refractivity contribution >= 4 is 19.8 Å². The van der Waals surface area contributed by atoms with E-state index in [1.54, 1.807) is 0 Å². The summed E-state index contributed by atoms with van der Waals surface area (Å²) in [6.07, 6.45) is 47.9. The third kappa shape index (κ3) is 46.0. The van der Waals surface area contributed by atoms with Crippen molar-refractivity contribution in [2.75, 3.05) is 47.5 Å². The third-order valence-corrected chi connectivity index (χ3v) is 12.0. The maximum atomic E-state index is 12.7. The predicted octanol–water partition coefficient (Wildman–Crippen LogP) is 14.7. The Balaban J connectivity index is 4.25. The van der Waals surface area contributed by atoms with Crippen LogP contribution in [-0.2, 0) is 32.7 Å². The van der Waals surface area contributed by atoms with E-state index in [2.05, 4.69) is 38.2 Å². The molecule has 1 N–H and O–H groups in total. The van der Waals surface area contributed by atoms with Crippen molar-refractivity contribution in [1.82, 2.24) is 0 Å². The largest absolute Gasteiger partial charge is 0.472 e. The van der Waals surface area contributed by atoms with Crippen molar-refractivity contribution in [3.05, 3.63) is 24.3 Å². The molecule has 9 nitrogen and oxygen atoms in total. The average molecular weight is 871 g/mol. The van der Waals surface area contributed by atoms with E-state index in [0.29, 0.717) is 23.9 Å². The SMILES string of the molecule is CCCCC/C=C/C/C=C/CCCCCCCCCCCC(=O)O[C@H](COC(=O)CCCCCCCCCCCCCCCCCCC)COP(=O)(O)OCC[N+](C)(C)C. The van der Waals surface area contributed by atoms with Crippen molar-refractivity contribution < 1.29 is 42.1 Å². The molecule has 10 heteroatoms. The Hall–Kier alpha value is -1.51. The Morgan fingerprint density at radius 2 is 0.900 bits per heavy atom. The monoisotopic (exact) mass is 871 g/mol. The number of phosphoric ester groups is 1. The minimum atomic E-state index is -4.38. The fourth-order valence-corrected chi connectivity index (χ4v) is 7.79. The molecule has 0 aromatic heterocycles. The van der Waals surface area contributed by atoms with E-state index in [4.69, 9.17) is 18.5 Å². The van der Waals surface area contributed by atoms with Crippen LogP contribution in [0.25, 0.3) is 0 Å². The van der Waals surface area contributed by atoms with Gasteiger partial charge in [0, 0.05) is 12.8 Å². The second kappa shape index (κ2) is 42.8. The van der Waals surface area contributed by atoms with Gasteiger partial charge in [-0.15, -0.1) is 0 Å². The topological polar surface area (TPSA) is 108 Å². The fraction of sp³-hybridized carbons (Fsp3) is 0.880. The molecular formula is C50H97NO8P+. The summed E-state index contributed by atoms with van der Waals surface area (Å²) in [6, 6.07) is 0. The van der Waals surface area contributed by atoms with Gasteiger partial charge in [-0.25, -0.2) is 4.57 Å². The van der Waals surface area contributed by atoms with Crippen molar-refractivity contribution in [3.63, 3.8) is 0 Å². The first-order valence-electron chi connectivity index (χ1n) is 25.1. The summed E-state index contributed by atoms with van der Waals surface area (Å²) in [5.74, 6) is -0.791. The average Bonchev–Trinajstić information content (AvgIpc) is 3.20. The summed E-state index contributed by atoms with van der Waals surface area (Å²) in [7, 11) is 1.48. The van der Waals surface area contributed by atoms with Gasteiger partial charge < -0.3 is 18.9 Å². The minimum Gasteiger partial charge on any atom is -0.462 e. The number of ether oxygens (including phenoxy) is 2. The highest BCUT2D eigenvalue weighted by atomic mass is 31.2. The van der Waals surface area contributed by atoms with Crippen molar-refractivity contribution in [2.24, 2.45) is 0 Å². The normalized spacial score (nSPS) is 13.6. The Morgan fingerprint density at radius 1 is 0.517 bits per heavy atom. The maximum absolute atomic E-state index is 12.7. The molecule has 0 aliphatic rings. The van der Waals surface area contributed by atoms with Crippen LogP contribution in [0, 0.1) is 0 Å². The summed E-state index contributed by atoms with van der Waals surface area (Å²) in [5.41, 5.74) is 0. The highest BCUT2D eigenvalue weighted by Crippen LogP contribution is 2.43. The first kappa shape index (κ1) is 58.5.